The van der Waals surface area contributed by atoms with E-state index in [0.29, 0.717) is 59.5 Å². The second-order valence-electron chi connectivity index (χ2n) is 2.30. The molecule has 0 fully saturated rings. The van der Waals surface area contributed by atoms with Gasteiger partial charge in [0.1, 0.15) is 0 Å². The van der Waals surface area contributed by atoms with Crippen LogP contribution < -0.4 is 0 Å². The zero-order valence-corrected chi connectivity index (χ0v) is 12.6. The molecule has 0 amide bonds. The standard InChI is InChI=1S/C7H16OSe3/c1-6(5-8)7(9-2,10-3)11-4/h6,8H,5H2,1-4H3. The number of hydrogen-bond acceptors (Lipinski definition) is 1. The van der Waals surface area contributed by atoms with E-state index in [-0.39, 0.29) is 0 Å². The molecule has 0 aromatic heterocycles. The van der Waals surface area contributed by atoms with E-state index in [1.54, 1.807) is 0 Å². The third-order valence-electron chi connectivity index (χ3n) is 1.73. The first kappa shape index (κ1) is 12.5. The predicted octanol–water partition coefficient (Wildman–Crippen LogP) is 0.945. The Morgan fingerprint density at radius 2 is 1.55 bits per heavy atom. The zero-order valence-electron chi connectivity index (χ0n) is 7.46. The molecule has 68 valence electrons. The summed E-state index contributed by atoms with van der Waals surface area (Å²) in [6.45, 7) is 2.57. The van der Waals surface area contributed by atoms with Crippen molar-refractivity contribution in [2.24, 2.45) is 5.92 Å². The Hall–Kier alpha value is 1.52. The second kappa shape index (κ2) is 6.05. The third-order valence-corrected chi connectivity index (χ3v) is 18.7. The summed E-state index contributed by atoms with van der Waals surface area (Å²) in [4.78, 5) is 0. The maximum atomic E-state index is 9.09. The van der Waals surface area contributed by atoms with Gasteiger partial charge in [0.15, 0.2) is 0 Å². The second-order valence-corrected chi connectivity index (χ2v) is 12.9. The number of hydrogen-bond donors (Lipinski definition) is 1. The molecular formula is C7H16OSe3. The Balaban J connectivity index is 4.26. The Bertz CT molecular complexity index is 95.6. The molecule has 1 N–H and O–H groups in total. The molecule has 1 unspecified atom stereocenters. The first-order valence-corrected chi connectivity index (χ1v) is 11.1. The van der Waals surface area contributed by atoms with Gasteiger partial charge in [-0.05, 0) is 0 Å². The van der Waals surface area contributed by atoms with E-state index < -0.39 is 0 Å². The number of rotatable bonds is 5. The Morgan fingerprint density at radius 3 is 1.64 bits per heavy atom. The van der Waals surface area contributed by atoms with E-state index in [2.05, 4.69) is 24.4 Å². The van der Waals surface area contributed by atoms with Gasteiger partial charge in [-0.1, -0.05) is 0 Å². The summed E-state index contributed by atoms with van der Waals surface area (Å²) in [6, 6.07) is 0. The van der Waals surface area contributed by atoms with Crippen molar-refractivity contribution in [1.82, 2.24) is 0 Å². The van der Waals surface area contributed by atoms with Gasteiger partial charge in [-0.25, -0.2) is 0 Å². The summed E-state index contributed by atoms with van der Waals surface area (Å²) in [6.07, 6.45) is 0. The first-order chi connectivity index (χ1) is 5.16. The summed E-state index contributed by atoms with van der Waals surface area (Å²) in [5.41, 5.74) is 0. The van der Waals surface area contributed by atoms with Gasteiger partial charge in [0.05, 0.1) is 0 Å². The number of aliphatic hydroxyl groups is 1. The summed E-state index contributed by atoms with van der Waals surface area (Å²) in [5, 5.41) is 9.09. The molecule has 0 rings (SSSR count). The minimum atomic E-state index is 0.376. The van der Waals surface area contributed by atoms with E-state index in [9.17, 15) is 0 Å². The average Bonchev–Trinajstić information content (AvgIpc) is 2.08. The van der Waals surface area contributed by atoms with Gasteiger partial charge in [-0.2, -0.15) is 0 Å². The monoisotopic (exact) mass is 356 g/mol. The van der Waals surface area contributed by atoms with E-state index in [1.807, 2.05) is 0 Å². The summed E-state index contributed by atoms with van der Waals surface area (Å²) < 4.78 is 0.571. The summed E-state index contributed by atoms with van der Waals surface area (Å²) in [5.74, 6) is 7.48. The fraction of sp³-hybridized carbons (Fsp3) is 1.00. The number of aliphatic hydroxyl groups excluding tert-OH is 1. The topological polar surface area (TPSA) is 20.2 Å². The molecule has 0 heterocycles. The average molecular weight is 353 g/mol. The van der Waals surface area contributed by atoms with E-state index in [1.165, 1.54) is 0 Å². The molecule has 0 bridgehead atoms. The quantitative estimate of drug-likeness (QED) is 0.730. The molecule has 0 radical (unpaired) electrons. The molecule has 0 spiro atoms. The normalized spacial score (nSPS) is 15.0. The van der Waals surface area contributed by atoms with Gasteiger partial charge >= 0.3 is 89.0 Å². The van der Waals surface area contributed by atoms with Crippen LogP contribution in [0.25, 0.3) is 0 Å². The molecule has 1 nitrogen and oxygen atoms in total. The molecule has 0 saturated heterocycles. The zero-order chi connectivity index (χ0) is 8.91. The summed E-state index contributed by atoms with van der Waals surface area (Å²) >= 11 is 2.12. The van der Waals surface area contributed by atoms with Gasteiger partial charge < -0.3 is 0 Å². The van der Waals surface area contributed by atoms with Gasteiger partial charge in [0.25, 0.3) is 0 Å². The Morgan fingerprint density at radius 1 is 1.18 bits per heavy atom. The Labute approximate surface area is 88.6 Å². The molecule has 4 heteroatoms. The van der Waals surface area contributed by atoms with E-state index in [0.717, 1.165) is 0 Å². The van der Waals surface area contributed by atoms with Crippen LogP contribution in [0.1, 0.15) is 6.92 Å². The van der Waals surface area contributed by atoms with Gasteiger partial charge in [-0.15, -0.1) is 0 Å². The van der Waals surface area contributed by atoms with Crippen molar-refractivity contribution in [3.63, 3.8) is 0 Å². The maximum absolute atomic E-state index is 9.09. The molecular weight excluding hydrogens is 337 g/mol. The van der Waals surface area contributed by atoms with Crippen LogP contribution in [0.15, 0.2) is 0 Å². The van der Waals surface area contributed by atoms with Crippen LogP contribution in [0.2, 0.25) is 19.6 Å². The van der Waals surface area contributed by atoms with Crippen LogP contribution >= 0.6 is 0 Å². The van der Waals surface area contributed by atoms with Crippen LogP contribution in [-0.2, 0) is 0 Å². The van der Waals surface area contributed by atoms with Crippen molar-refractivity contribution in [3.05, 3.63) is 0 Å². The van der Waals surface area contributed by atoms with Crippen LogP contribution in [-0.4, -0.2) is 56.6 Å². The molecule has 0 aliphatic rings. The Kier molecular flexibility index (Phi) is 6.88. The van der Waals surface area contributed by atoms with E-state index in [4.69, 9.17) is 5.11 Å². The van der Waals surface area contributed by atoms with Gasteiger partial charge in [0, 0.05) is 0 Å². The van der Waals surface area contributed by atoms with Gasteiger partial charge in [0.2, 0.25) is 0 Å². The SMILES string of the molecule is C[Se]C([Se]C)([Se]C)C(C)CO. The fourth-order valence-electron chi connectivity index (χ4n) is 0.965. The summed E-state index contributed by atoms with van der Waals surface area (Å²) in [7, 11) is 0. The van der Waals surface area contributed by atoms with Crippen molar-refractivity contribution in [3.8, 4) is 0 Å². The van der Waals surface area contributed by atoms with Crippen LogP contribution in [0.3, 0.4) is 0 Å². The predicted molar refractivity (Wildman–Crippen MR) is 53.8 cm³/mol. The van der Waals surface area contributed by atoms with Crippen molar-refractivity contribution in [2.45, 2.75) is 26.5 Å². The molecule has 0 aromatic rings. The molecule has 11 heavy (non-hydrogen) atoms. The molecule has 0 saturated carbocycles. The molecule has 1 atom stereocenters. The van der Waals surface area contributed by atoms with Crippen LogP contribution in [0.5, 0.6) is 0 Å². The van der Waals surface area contributed by atoms with Crippen LogP contribution in [0.4, 0.5) is 0 Å². The van der Waals surface area contributed by atoms with Crippen molar-refractivity contribution in [2.75, 3.05) is 6.61 Å². The minimum absolute atomic E-state index is 0.376. The van der Waals surface area contributed by atoms with Crippen molar-refractivity contribution < 1.29 is 5.11 Å². The van der Waals surface area contributed by atoms with Crippen LogP contribution in [0, 0.1) is 5.92 Å². The fourth-order valence-corrected chi connectivity index (χ4v) is 10.5. The molecule has 0 aliphatic carbocycles. The molecule has 0 aromatic carbocycles. The van der Waals surface area contributed by atoms with E-state index >= 15 is 0 Å². The third kappa shape index (κ3) is 3.04. The van der Waals surface area contributed by atoms with Crippen molar-refractivity contribution in [1.29, 1.82) is 0 Å². The first-order valence-electron chi connectivity index (χ1n) is 3.43. The van der Waals surface area contributed by atoms with Gasteiger partial charge in [-0.3, -0.25) is 0 Å². The molecule has 0 aliphatic heterocycles. The van der Waals surface area contributed by atoms with Crippen molar-refractivity contribution >= 4 is 44.9 Å².